The lowest BCUT2D eigenvalue weighted by atomic mass is 9.97. The van der Waals surface area contributed by atoms with Gasteiger partial charge in [0.15, 0.2) is 0 Å². The number of nitrogens with two attached hydrogens (primary N) is 1. The van der Waals surface area contributed by atoms with Crippen molar-refractivity contribution in [3.63, 3.8) is 0 Å². The molecule has 19 heavy (non-hydrogen) atoms. The molecule has 0 aromatic heterocycles. The van der Waals surface area contributed by atoms with Gasteiger partial charge in [-0.15, -0.1) is 0 Å². The Labute approximate surface area is 117 Å². The molecule has 1 aromatic rings. The summed E-state index contributed by atoms with van der Waals surface area (Å²) in [5, 5.41) is 0. The molecule has 0 bridgehead atoms. The molecule has 0 fully saturated rings. The smallest absolute Gasteiger partial charge is 0.124 e. The van der Waals surface area contributed by atoms with E-state index in [2.05, 4.69) is 51.8 Å². The van der Waals surface area contributed by atoms with E-state index in [9.17, 15) is 0 Å². The first kappa shape index (κ1) is 16.0. The highest BCUT2D eigenvalue weighted by Gasteiger charge is 2.22. The van der Waals surface area contributed by atoms with Crippen molar-refractivity contribution in [2.45, 2.75) is 46.2 Å². The van der Waals surface area contributed by atoms with E-state index >= 15 is 0 Å². The molecule has 0 saturated carbocycles. The van der Waals surface area contributed by atoms with E-state index in [1.165, 1.54) is 16.7 Å². The lowest BCUT2D eigenvalue weighted by Gasteiger charge is -2.35. The molecule has 2 N–H and O–H groups in total. The molecule has 0 radical (unpaired) electrons. The summed E-state index contributed by atoms with van der Waals surface area (Å²) in [6.45, 7) is 10.3. The highest BCUT2D eigenvalue weighted by Crippen LogP contribution is 2.26. The number of nitrogens with zero attached hydrogens (tertiary/aromatic N) is 1. The van der Waals surface area contributed by atoms with Crippen molar-refractivity contribution in [2.75, 3.05) is 20.7 Å². The molecule has 1 aromatic carbocycles. The van der Waals surface area contributed by atoms with Crippen molar-refractivity contribution in [3.8, 4) is 5.75 Å². The van der Waals surface area contributed by atoms with Crippen LogP contribution in [0.3, 0.4) is 0 Å². The minimum atomic E-state index is 0.122. The Kier molecular flexibility index (Phi) is 5.39. The number of rotatable bonds is 6. The zero-order valence-electron chi connectivity index (χ0n) is 13.2. The lowest BCUT2D eigenvalue weighted by molar-refractivity contribution is 0.140. The van der Waals surface area contributed by atoms with Gasteiger partial charge in [0.05, 0.1) is 7.11 Å². The minimum absolute atomic E-state index is 0.122. The predicted molar refractivity (Wildman–Crippen MR) is 81.7 cm³/mol. The van der Waals surface area contributed by atoms with Crippen LogP contribution < -0.4 is 10.5 Å². The van der Waals surface area contributed by atoms with E-state index in [0.29, 0.717) is 0 Å². The summed E-state index contributed by atoms with van der Waals surface area (Å²) < 4.78 is 5.41. The highest BCUT2D eigenvalue weighted by atomic mass is 16.5. The number of methoxy groups -OCH3 is 1. The van der Waals surface area contributed by atoms with Gasteiger partial charge in [-0.3, -0.25) is 4.90 Å². The molecule has 108 valence electrons. The first-order valence-electron chi connectivity index (χ1n) is 6.87. The lowest BCUT2D eigenvalue weighted by Crippen LogP contribution is -2.42. The summed E-state index contributed by atoms with van der Waals surface area (Å²) in [5.41, 5.74) is 9.53. The second kappa shape index (κ2) is 6.40. The molecular weight excluding hydrogens is 236 g/mol. The molecular formula is C16H28N2O. The Morgan fingerprint density at radius 3 is 2.16 bits per heavy atom. The molecule has 1 rings (SSSR count). The van der Waals surface area contributed by atoms with Crippen LogP contribution >= 0.6 is 0 Å². The van der Waals surface area contributed by atoms with Gasteiger partial charge in [-0.2, -0.15) is 0 Å². The zero-order valence-corrected chi connectivity index (χ0v) is 13.2. The van der Waals surface area contributed by atoms with Crippen molar-refractivity contribution >= 4 is 0 Å². The van der Waals surface area contributed by atoms with Crippen LogP contribution in [0.25, 0.3) is 0 Å². The van der Waals surface area contributed by atoms with Gasteiger partial charge >= 0.3 is 0 Å². The van der Waals surface area contributed by atoms with Crippen LogP contribution in [0.15, 0.2) is 12.1 Å². The normalized spacial score (nSPS) is 12.0. The van der Waals surface area contributed by atoms with Crippen LogP contribution in [-0.2, 0) is 6.54 Å². The van der Waals surface area contributed by atoms with Crippen LogP contribution in [0.2, 0.25) is 0 Å². The molecule has 0 heterocycles. The second-order valence-electron chi connectivity index (χ2n) is 5.97. The van der Waals surface area contributed by atoms with Gasteiger partial charge in [0.2, 0.25) is 0 Å². The van der Waals surface area contributed by atoms with Gasteiger partial charge in [0.25, 0.3) is 0 Å². The largest absolute Gasteiger partial charge is 0.496 e. The van der Waals surface area contributed by atoms with E-state index in [1.54, 1.807) is 7.11 Å². The minimum Gasteiger partial charge on any atom is -0.496 e. The van der Waals surface area contributed by atoms with Crippen molar-refractivity contribution in [1.29, 1.82) is 0 Å². The Hall–Kier alpha value is -1.06. The molecule has 0 spiro atoms. The highest BCUT2D eigenvalue weighted by molar-refractivity contribution is 5.43. The van der Waals surface area contributed by atoms with Crippen molar-refractivity contribution in [2.24, 2.45) is 5.73 Å². The second-order valence-corrected chi connectivity index (χ2v) is 5.97. The molecule has 0 atom stereocenters. The van der Waals surface area contributed by atoms with Crippen LogP contribution in [0.4, 0.5) is 0 Å². The van der Waals surface area contributed by atoms with Crippen LogP contribution in [0, 0.1) is 13.8 Å². The van der Waals surface area contributed by atoms with Crippen LogP contribution in [-0.4, -0.2) is 31.1 Å². The number of benzene rings is 1. The summed E-state index contributed by atoms with van der Waals surface area (Å²) in [4.78, 5) is 2.36. The Morgan fingerprint density at radius 1 is 1.21 bits per heavy atom. The Morgan fingerprint density at radius 2 is 1.74 bits per heavy atom. The maximum atomic E-state index is 5.69. The third-order valence-corrected chi connectivity index (χ3v) is 3.93. The fraction of sp³-hybridized carbons (Fsp3) is 0.625. The van der Waals surface area contributed by atoms with Crippen molar-refractivity contribution < 1.29 is 4.74 Å². The van der Waals surface area contributed by atoms with Crippen molar-refractivity contribution in [1.82, 2.24) is 4.90 Å². The number of hydrogen-bond donors (Lipinski definition) is 1. The molecule has 0 aliphatic rings. The third kappa shape index (κ3) is 3.95. The molecule has 0 aliphatic heterocycles. The predicted octanol–water partition coefficient (Wildman–Crippen LogP) is 2.87. The molecule has 0 saturated heterocycles. The summed E-state index contributed by atoms with van der Waals surface area (Å²) >= 11 is 0. The van der Waals surface area contributed by atoms with Gasteiger partial charge in [-0.05, 0) is 64.4 Å². The number of hydrogen-bond acceptors (Lipinski definition) is 3. The van der Waals surface area contributed by atoms with Gasteiger partial charge in [-0.1, -0.05) is 12.1 Å². The number of ether oxygens (including phenoxy) is 1. The number of aryl methyl sites for hydroxylation is 2. The molecule has 0 amide bonds. The maximum absolute atomic E-state index is 5.69. The monoisotopic (exact) mass is 264 g/mol. The van der Waals surface area contributed by atoms with E-state index < -0.39 is 0 Å². The summed E-state index contributed by atoms with van der Waals surface area (Å²) in [7, 11) is 3.88. The standard InChI is InChI=1S/C16H28N2O/c1-12-9-14(10-13(2)15(12)19-6)11-18(5)16(3,4)7-8-17/h9-10H,7-8,11,17H2,1-6H3. The van der Waals surface area contributed by atoms with Gasteiger partial charge in [-0.25, -0.2) is 0 Å². The van der Waals surface area contributed by atoms with Gasteiger partial charge in [0, 0.05) is 12.1 Å². The third-order valence-electron chi connectivity index (χ3n) is 3.93. The first-order valence-corrected chi connectivity index (χ1v) is 6.87. The van der Waals surface area contributed by atoms with Crippen LogP contribution in [0.1, 0.15) is 37.0 Å². The van der Waals surface area contributed by atoms with E-state index in [0.717, 1.165) is 25.3 Å². The average molecular weight is 264 g/mol. The fourth-order valence-electron chi connectivity index (χ4n) is 2.49. The zero-order chi connectivity index (χ0) is 14.6. The Bertz CT molecular complexity index is 404. The summed E-state index contributed by atoms with van der Waals surface area (Å²) in [6, 6.07) is 4.42. The maximum Gasteiger partial charge on any atom is 0.124 e. The van der Waals surface area contributed by atoms with Gasteiger partial charge in [0.1, 0.15) is 5.75 Å². The van der Waals surface area contributed by atoms with Gasteiger partial charge < -0.3 is 10.5 Å². The Balaban J connectivity index is 2.89. The molecule has 0 aliphatic carbocycles. The summed E-state index contributed by atoms with van der Waals surface area (Å²) in [6.07, 6.45) is 0.998. The SMILES string of the molecule is COc1c(C)cc(CN(C)C(C)(C)CCN)cc1C. The van der Waals surface area contributed by atoms with Crippen LogP contribution in [0.5, 0.6) is 5.75 Å². The summed E-state index contributed by atoms with van der Waals surface area (Å²) in [5.74, 6) is 0.993. The van der Waals surface area contributed by atoms with Crippen molar-refractivity contribution in [3.05, 3.63) is 28.8 Å². The first-order chi connectivity index (χ1) is 8.81. The topological polar surface area (TPSA) is 38.5 Å². The molecule has 0 unspecified atom stereocenters. The fourth-order valence-corrected chi connectivity index (χ4v) is 2.49. The van der Waals surface area contributed by atoms with E-state index in [-0.39, 0.29) is 5.54 Å². The average Bonchev–Trinajstić information content (AvgIpc) is 2.28. The molecule has 3 heteroatoms. The van der Waals surface area contributed by atoms with E-state index in [4.69, 9.17) is 10.5 Å². The van der Waals surface area contributed by atoms with E-state index in [1.807, 2.05) is 0 Å². The molecule has 3 nitrogen and oxygen atoms in total. The quantitative estimate of drug-likeness (QED) is 0.858.